The smallest absolute Gasteiger partial charge is 0.0776 e. The Balaban J connectivity index is -0.00000000500. The maximum absolute atomic E-state index is 3.00. The summed E-state index contributed by atoms with van der Waals surface area (Å²) in [5.74, 6) is 0. The second-order valence-corrected chi connectivity index (χ2v) is 0. The molecule has 0 amide bonds. The van der Waals surface area contributed by atoms with Gasteiger partial charge in [-0.25, -0.2) is 0 Å². The fourth-order valence-corrected chi connectivity index (χ4v) is 0. The van der Waals surface area contributed by atoms with Crippen LogP contribution in [0.2, 0.25) is 0 Å². The summed E-state index contributed by atoms with van der Waals surface area (Å²) in [6, 6.07) is 0. The van der Waals surface area contributed by atoms with Gasteiger partial charge in [0.05, 0.1) is 0 Å². The van der Waals surface area contributed by atoms with E-state index in [4.69, 9.17) is 0 Å². The lowest BCUT2D eigenvalue weighted by Gasteiger charge is -0.813. The predicted molar refractivity (Wildman–Crippen MR) is 24.7 cm³/mol. The summed E-state index contributed by atoms with van der Waals surface area (Å²) < 4.78 is 0. The predicted octanol–water partition coefficient (Wildman–Crippen LogP) is 2.07. The Kier molecular flexibility index (Phi) is 1570. The normalized spacial score (nSPS) is 1.00. The second kappa shape index (κ2) is 123. The van der Waals surface area contributed by atoms with E-state index in [0.29, 0.717) is 0 Å². The van der Waals surface area contributed by atoms with Crippen molar-refractivity contribution < 1.29 is 0 Å². The molecule has 0 aromatic rings. The van der Waals surface area contributed by atoms with Crippen molar-refractivity contribution in [2.75, 3.05) is 0 Å². The van der Waals surface area contributed by atoms with Gasteiger partial charge in [0.25, 0.3) is 0 Å². The van der Waals surface area contributed by atoms with E-state index < -0.39 is 0 Å². The lowest BCUT2D eigenvalue weighted by molar-refractivity contribution is 2.50. The molecule has 0 radical (unpaired) electrons. The minimum atomic E-state index is 0. The average molecular weight is 60.1 g/mol. The number of hydrogen-bond acceptors (Lipinski definition) is 0. The Morgan fingerprint density at radius 1 is 0.750 bits per heavy atom. The van der Waals surface area contributed by atoms with E-state index in [1.807, 2.05) is 0 Å². The first kappa shape index (κ1) is 51.3. The molecule has 0 aromatic carbocycles. The first-order valence-corrected chi connectivity index (χ1v) is 0.500. The average Bonchev–Trinajstić information content (AvgIpc) is 1.00. The quantitative estimate of drug-likeness (QED) is 0.375. The molecule has 4 heavy (non-hydrogen) atoms. The Morgan fingerprint density at radius 2 is 0.750 bits per heavy atom. The fourth-order valence-electron chi connectivity index (χ4n) is 0. The van der Waals surface area contributed by atoms with Gasteiger partial charge in [0, 0.05) is 0 Å². The Labute approximate surface area is 29.2 Å². The Hall–Kier alpha value is -0.260. The summed E-state index contributed by atoms with van der Waals surface area (Å²) in [5.41, 5.74) is 0. The highest BCUT2D eigenvalue weighted by Crippen LogP contribution is 0.862. The zero-order chi connectivity index (χ0) is 2.00. The van der Waals surface area contributed by atoms with Gasteiger partial charge in [-0.3, -0.25) is 0 Å². The molecule has 0 nitrogen and oxygen atoms in total. The van der Waals surface area contributed by atoms with Crippen LogP contribution in [0.5, 0.6) is 0 Å². The molecule has 0 aliphatic heterocycles. The Bertz CT molecular complexity index is 0. The topological polar surface area (TPSA) is 0 Å². The van der Waals surface area contributed by atoms with Gasteiger partial charge in [0.2, 0.25) is 0 Å². The molecular weight excluding hydrogens is 48.0 g/mol. The zero-order valence-electron chi connectivity index (χ0n) is 1.41. The van der Waals surface area contributed by atoms with Gasteiger partial charge in [-0.05, 0) is 0 Å². The minimum absolute atomic E-state index is 0. The van der Waals surface area contributed by atoms with Crippen molar-refractivity contribution >= 4 is 0 Å². The van der Waals surface area contributed by atoms with Crippen molar-refractivity contribution in [3.8, 4) is 0 Å². The number of hydrogen-bond donors (Lipinski definition) is 0. The van der Waals surface area contributed by atoms with E-state index in [0.717, 1.165) is 0 Å². The summed E-state index contributed by atoms with van der Waals surface area (Å²) in [6.45, 7) is 6.00. The van der Waals surface area contributed by atoms with Gasteiger partial charge >= 0.3 is 0 Å². The molecule has 0 heterocycles. The molecule has 0 unspecified atom stereocenters. The van der Waals surface area contributed by atoms with Crippen LogP contribution in [-0.4, -0.2) is 0 Å². The van der Waals surface area contributed by atoms with Crippen LogP contribution >= 0.6 is 0 Å². The van der Waals surface area contributed by atoms with Gasteiger partial charge in [0.1, 0.15) is 0 Å². The molecule has 0 atom stereocenters. The van der Waals surface area contributed by atoms with Crippen LogP contribution in [0.15, 0.2) is 13.2 Å². The fraction of sp³-hybridized carbons (Fsp3) is 0.500. The van der Waals surface area contributed by atoms with Crippen molar-refractivity contribution in [2.24, 2.45) is 0 Å². The number of rotatable bonds is 0. The van der Waals surface area contributed by atoms with Crippen LogP contribution in [0.1, 0.15) is 14.9 Å². The third-order valence-electron chi connectivity index (χ3n) is 0. The molecule has 0 fully saturated rings. The molecule has 0 saturated heterocycles. The summed E-state index contributed by atoms with van der Waals surface area (Å²) in [4.78, 5) is 0. The molecule has 0 N–H and O–H groups in total. The van der Waals surface area contributed by atoms with Crippen molar-refractivity contribution in [1.29, 1.82) is 0 Å². The van der Waals surface area contributed by atoms with E-state index in [1.165, 1.54) is 0 Å². The van der Waals surface area contributed by atoms with Crippen molar-refractivity contribution in [3.63, 3.8) is 0 Å². The highest BCUT2D eigenvalue weighted by atomic mass is 12.7. The van der Waals surface area contributed by atoms with Crippen LogP contribution in [0.3, 0.4) is 0 Å². The first-order chi connectivity index (χ1) is 1.00. The maximum Gasteiger partial charge on any atom is -0.0776 e. The van der Waals surface area contributed by atoms with Gasteiger partial charge in [-0.15, -0.1) is 13.2 Å². The summed E-state index contributed by atoms with van der Waals surface area (Å²) in [7, 11) is 0. The monoisotopic (exact) mass is 60.1 g/mol. The largest absolute Gasteiger partial charge is 0.106 e. The van der Waals surface area contributed by atoms with Gasteiger partial charge in [-0.1, -0.05) is 14.9 Å². The van der Waals surface area contributed by atoms with Crippen LogP contribution in [-0.2, 0) is 0 Å². The van der Waals surface area contributed by atoms with Crippen molar-refractivity contribution in [3.05, 3.63) is 13.2 Å². The summed E-state index contributed by atoms with van der Waals surface area (Å²) >= 11 is 0. The van der Waals surface area contributed by atoms with E-state index in [-0.39, 0.29) is 14.9 Å². The lowest BCUT2D eigenvalue weighted by Crippen LogP contribution is -0.552. The first-order valence-electron chi connectivity index (χ1n) is 0.500. The zero-order valence-corrected chi connectivity index (χ0v) is 1.41. The van der Waals surface area contributed by atoms with Crippen molar-refractivity contribution in [1.82, 2.24) is 0 Å². The van der Waals surface area contributed by atoms with Crippen LogP contribution in [0.25, 0.3) is 0 Å². The third kappa shape index (κ3) is 14.1. The molecule has 0 bridgehead atoms. The van der Waals surface area contributed by atoms with Gasteiger partial charge in [0.15, 0.2) is 0 Å². The summed E-state index contributed by atoms with van der Waals surface area (Å²) in [6.07, 6.45) is 0. The third-order valence-corrected chi connectivity index (χ3v) is 0. The molecule has 0 spiro atoms. The van der Waals surface area contributed by atoms with E-state index >= 15 is 0 Å². The molecule has 0 aromatic heterocycles. The molecule has 0 heteroatoms. The minimum Gasteiger partial charge on any atom is -0.106 e. The highest BCUT2D eigenvalue weighted by molar-refractivity contribution is 4.22. The molecule has 0 rings (SSSR count). The molecule has 28 valence electrons. The molecular formula is C4H12. The van der Waals surface area contributed by atoms with Crippen LogP contribution < -0.4 is 0 Å². The molecule has 0 aliphatic carbocycles. The van der Waals surface area contributed by atoms with Gasteiger partial charge < -0.3 is 0 Å². The summed E-state index contributed by atoms with van der Waals surface area (Å²) in [5, 5.41) is 0. The second-order valence-electron chi connectivity index (χ2n) is 0. The van der Waals surface area contributed by atoms with Crippen LogP contribution in [0, 0.1) is 0 Å². The standard InChI is InChI=1S/C2H4.2CH4/c1-2;;/h1-2H2;2*1H4. The Morgan fingerprint density at radius 3 is 0.750 bits per heavy atom. The van der Waals surface area contributed by atoms with E-state index in [1.54, 1.807) is 0 Å². The molecule has 0 saturated carbocycles. The van der Waals surface area contributed by atoms with Gasteiger partial charge in [-0.2, -0.15) is 0 Å². The maximum atomic E-state index is 3.00. The van der Waals surface area contributed by atoms with E-state index in [2.05, 4.69) is 13.2 Å². The van der Waals surface area contributed by atoms with Crippen molar-refractivity contribution in [2.45, 2.75) is 14.9 Å². The lowest BCUT2D eigenvalue weighted by atomic mass is 11.3. The van der Waals surface area contributed by atoms with Crippen LogP contribution in [0.4, 0.5) is 0 Å². The highest BCUT2D eigenvalue weighted by Gasteiger charge is 0.601. The van der Waals surface area contributed by atoms with E-state index in [9.17, 15) is 0 Å². The molecule has 0 aliphatic rings. The SMILES string of the molecule is C.C.C=C.